The van der Waals surface area contributed by atoms with Crippen molar-refractivity contribution in [2.75, 3.05) is 25.2 Å². The second-order valence-electron chi connectivity index (χ2n) is 9.07. The molecule has 0 spiro atoms. The van der Waals surface area contributed by atoms with Gasteiger partial charge in [-0.25, -0.2) is 9.78 Å². The lowest BCUT2D eigenvalue weighted by molar-refractivity contribution is -0.132. The lowest BCUT2D eigenvalue weighted by Crippen LogP contribution is -2.29. The van der Waals surface area contributed by atoms with Gasteiger partial charge in [-0.3, -0.25) is 14.5 Å². The molecule has 1 fully saturated rings. The minimum Gasteiger partial charge on any atom is -0.507 e. The predicted octanol–water partition coefficient (Wildman–Crippen LogP) is 5.53. The number of carbonyl (C=O) groups is 3. The van der Waals surface area contributed by atoms with Crippen LogP contribution in [0.15, 0.2) is 60.7 Å². The van der Waals surface area contributed by atoms with Gasteiger partial charge in [0.1, 0.15) is 28.7 Å². The van der Waals surface area contributed by atoms with Gasteiger partial charge < -0.3 is 19.3 Å². The lowest BCUT2D eigenvalue weighted by atomic mass is 9.94. The summed E-state index contributed by atoms with van der Waals surface area (Å²) in [5.41, 5.74) is 1.87. The number of aliphatic hydroxyl groups is 1. The first kappa shape index (κ1) is 28.6. The first-order valence-corrected chi connectivity index (χ1v) is 13.5. The quantitative estimate of drug-likeness (QED) is 0.113. The summed E-state index contributed by atoms with van der Waals surface area (Å²) in [4.78, 5) is 45.4. The highest BCUT2D eigenvalue weighted by Gasteiger charge is 2.48. The maximum atomic E-state index is 13.5. The molecule has 1 saturated heterocycles. The molecule has 1 unspecified atom stereocenters. The number of aromatic nitrogens is 1. The monoisotopic (exact) mass is 562 g/mol. The van der Waals surface area contributed by atoms with Crippen molar-refractivity contribution < 1.29 is 33.7 Å². The third kappa shape index (κ3) is 5.48. The number of carbonyl (C=O) groups excluding carboxylic acids is 3. The van der Waals surface area contributed by atoms with Crippen LogP contribution in [-0.4, -0.2) is 48.1 Å². The van der Waals surface area contributed by atoms with Crippen molar-refractivity contribution in [2.24, 2.45) is 0 Å². The van der Waals surface area contributed by atoms with Crippen LogP contribution in [0.4, 0.5) is 5.13 Å². The number of aryl methyl sites for hydroxylation is 2. The van der Waals surface area contributed by atoms with E-state index in [1.807, 2.05) is 6.92 Å². The maximum Gasteiger partial charge on any atom is 0.350 e. The van der Waals surface area contributed by atoms with E-state index in [0.29, 0.717) is 40.5 Å². The Morgan fingerprint density at radius 1 is 1.15 bits per heavy atom. The van der Waals surface area contributed by atoms with E-state index < -0.39 is 23.7 Å². The zero-order chi connectivity index (χ0) is 29.0. The van der Waals surface area contributed by atoms with E-state index >= 15 is 0 Å². The summed E-state index contributed by atoms with van der Waals surface area (Å²) in [7, 11) is 1.53. The van der Waals surface area contributed by atoms with Gasteiger partial charge in [-0.2, -0.15) is 0 Å². The highest BCUT2D eigenvalue weighted by molar-refractivity contribution is 7.17. The van der Waals surface area contributed by atoms with Crippen molar-refractivity contribution in [2.45, 2.75) is 33.2 Å². The molecule has 0 radical (unpaired) electrons. The number of Topliss-reactive ketones (excluding diaryl/α,β-unsaturated/α-hetero) is 1. The third-order valence-corrected chi connectivity index (χ3v) is 7.45. The Hall–Kier alpha value is -4.44. The molecule has 40 heavy (non-hydrogen) atoms. The van der Waals surface area contributed by atoms with Gasteiger partial charge in [0.05, 0.1) is 31.0 Å². The van der Waals surface area contributed by atoms with Crippen LogP contribution in [0.1, 0.15) is 51.4 Å². The highest BCUT2D eigenvalue weighted by Crippen LogP contribution is 2.44. The van der Waals surface area contributed by atoms with Crippen molar-refractivity contribution in [1.29, 1.82) is 0 Å². The summed E-state index contributed by atoms with van der Waals surface area (Å²) in [5, 5.41) is 11.6. The van der Waals surface area contributed by atoms with E-state index in [9.17, 15) is 19.5 Å². The topological polar surface area (TPSA) is 115 Å². The summed E-state index contributed by atoms with van der Waals surface area (Å²) >= 11 is 0.937. The van der Waals surface area contributed by atoms with Crippen LogP contribution in [0.25, 0.3) is 5.76 Å². The predicted molar refractivity (Wildman–Crippen MR) is 152 cm³/mol. The van der Waals surface area contributed by atoms with E-state index in [2.05, 4.69) is 11.6 Å². The van der Waals surface area contributed by atoms with E-state index in [1.54, 1.807) is 56.3 Å². The van der Waals surface area contributed by atoms with Gasteiger partial charge in [-0.05, 0) is 61.7 Å². The van der Waals surface area contributed by atoms with E-state index in [0.717, 1.165) is 17.8 Å². The number of ketones is 1. The second kappa shape index (κ2) is 12.2. The summed E-state index contributed by atoms with van der Waals surface area (Å²) in [6, 6.07) is 11.0. The Balaban J connectivity index is 1.86. The minimum absolute atomic E-state index is 0.0174. The fraction of sp³-hybridized carbons (Fsp3) is 0.267. The van der Waals surface area contributed by atoms with E-state index in [-0.39, 0.29) is 27.9 Å². The van der Waals surface area contributed by atoms with Crippen LogP contribution in [0, 0.1) is 13.8 Å². The smallest absolute Gasteiger partial charge is 0.350 e. The third-order valence-electron chi connectivity index (χ3n) is 6.31. The number of aliphatic hydroxyl groups excluding tert-OH is 1. The molecule has 3 aromatic rings. The molecule has 9 nitrogen and oxygen atoms in total. The van der Waals surface area contributed by atoms with Gasteiger partial charge >= 0.3 is 11.9 Å². The lowest BCUT2D eigenvalue weighted by Gasteiger charge is -2.23. The first-order valence-electron chi connectivity index (χ1n) is 12.7. The molecule has 1 amide bonds. The molecule has 2 aromatic carbocycles. The number of hydrogen-bond acceptors (Lipinski definition) is 9. The number of amides is 1. The Morgan fingerprint density at radius 3 is 2.48 bits per heavy atom. The molecule has 1 aromatic heterocycles. The molecule has 1 atom stereocenters. The molecule has 1 N–H and O–H groups in total. The first-order chi connectivity index (χ1) is 19.2. The molecule has 0 bridgehead atoms. The van der Waals surface area contributed by atoms with Gasteiger partial charge in [0.25, 0.3) is 5.78 Å². The Kier molecular flexibility index (Phi) is 8.69. The molecule has 1 aliphatic rings. The number of anilines is 1. The van der Waals surface area contributed by atoms with Crippen molar-refractivity contribution in [3.05, 3.63) is 88.0 Å². The van der Waals surface area contributed by atoms with Gasteiger partial charge in [0.15, 0.2) is 5.13 Å². The Labute approximate surface area is 236 Å². The van der Waals surface area contributed by atoms with Crippen LogP contribution < -0.4 is 14.4 Å². The fourth-order valence-electron chi connectivity index (χ4n) is 4.36. The SMILES string of the molecule is C=CCOC(=O)c1sc(N2C(=O)C(=O)/C(=C(\O)c3ccc(OCCC)cc3C)C2c2ccc(OC)cc2)nc1C. The van der Waals surface area contributed by atoms with Gasteiger partial charge in [0.2, 0.25) is 0 Å². The standard InChI is InChI=1S/C30H30N2O7S/c1-6-14-38-21-12-13-22(17(3)16-21)25(33)23-24(19-8-10-20(37-5)11-9-19)32(28(35)26(23)34)30-31-18(4)27(40-30)29(36)39-15-7-2/h7-13,16,24,33H,2,6,14-15H2,1,3-5H3/b25-23-. The molecule has 208 valence electrons. The number of thiazole rings is 1. The zero-order valence-electron chi connectivity index (χ0n) is 22.7. The Bertz CT molecular complexity index is 1490. The molecule has 0 saturated carbocycles. The van der Waals surface area contributed by atoms with Crippen molar-refractivity contribution >= 4 is 39.9 Å². The minimum atomic E-state index is -1.01. The number of methoxy groups -OCH3 is 1. The molecule has 0 aliphatic carbocycles. The fourth-order valence-corrected chi connectivity index (χ4v) is 5.35. The summed E-state index contributed by atoms with van der Waals surface area (Å²) < 4.78 is 16.1. The summed E-state index contributed by atoms with van der Waals surface area (Å²) in [5.74, 6) is -1.45. The largest absolute Gasteiger partial charge is 0.507 e. The number of hydrogen-bond donors (Lipinski definition) is 1. The van der Waals surface area contributed by atoms with Crippen molar-refractivity contribution in [3.63, 3.8) is 0 Å². The van der Waals surface area contributed by atoms with Crippen LogP contribution in [0.2, 0.25) is 0 Å². The second-order valence-corrected chi connectivity index (χ2v) is 10.0. The maximum absolute atomic E-state index is 13.5. The van der Waals surface area contributed by atoms with E-state index in [1.165, 1.54) is 18.1 Å². The van der Waals surface area contributed by atoms with E-state index in [4.69, 9.17) is 14.2 Å². The van der Waals surface area contributed by atoms with Gasteiger partial charge in [-0.15, -0.1) is 0 Å². The molecule has 1 aliphatic heterocycles. The summed E-state index contributed by atoms with van der Waals surface area (Å²) in [6.07, 6.45) is 2.29. The highest BCUT2D eigenvalue weighted by atomic mass is 32.1. The molecule has 2 heterocycles. The molecule has 4 rings (SSSR count). The average molecular weight is 563 g/mol. The van der Waals surface area contributed by atoms with Crippen LogP contribution in [0.3, 0.4) is 0 Å². The number of nitrogens with zero attached hydrogens (tertiary/aromatic N) is 2. The van der Waals surface area contributed by atoms with Crippen molar-refractivity contribution in [3.8, 4) is 11.5 Å². The van der Waals surface area contributed by atoms with Gasteiger partial charge in [0, 0.05) is 5.56 Å². The summed E-state index contributed by atoms with van der Waals surface area (Å²) in [6.45, 7) is 9.51. The number of benzene rings is 2. The average Bonchev–Trinajstić information content (AvgIpc) is 3.46. The number of rotatable bonds is 10. The molecular weight excluding hydrogens is 532 g/mol. The van der Waals surface area contributed by atoms with Crippen LogP contribution in [-0.2, 0) is 14.3 Å². The molecule has 10 heteroatoms. The number of esters is 1. The van der Waals surface area contributed by atoms with Crippen molar-refractivity contribution in [1.82, 2.24) is 4.98 Å². The van der Waals surface area contributed by atoms with Gasteiger partial charge in [-0.1, -0.05) is 43.0 Å². The normalized spacial score (nSPS) is 16.2. The molecular formula is C30H30N2O7S. The van der Waals surface area contributed by atoms with Crippen LogP contribution >= 0.6 is 11.3 Å². The van der Waals surface area contributed by atoms with Crippen LogP contribution in [0.5, 0.6) is 11.5 Å². The number of ether oxygens (including phenoxy) is 3. The Morgan fingerprint density at radius 2 is 1.85 bits per heavy atom. The zero-order valence-corrected chi connectivity index (χ0v) is 23.5.